The first-order valence-electron chi connectivity index (χ1n) is 5.32. The van der Waals surface area contributed by atoms with Gasteiger partial charge in [0.25, 0.3) is 5.91 Å². The van der Waals surface area contributed by atoms with Crippen molar-refractivity contribution in [3.8, 4) is 0 Å². The van der Waals surface area contributed by atoms with Crippen LogP contribution in [0.15, 0.2) is 36.4 Å². The van der Waals surface area contributed by atoms with E-state index in [4.69, 9.17) is 5.11 Å². The van der Waals surface area contributed by atoms with Crippen LogP contribution in [-0.2, 0) is 0 Å². The van der Waals surface area contributed by atoms with Gasteiger partial charge in [0.1, 0.15) is 0 Å². The van der Waals surface area contributed by atoms with Crippen LogP contribution in [0.1, 0.15) is 35.3 Å². The number of carbonyl (C=O) groups excluding carboxylic acids is 1. The number of nitrogens with zero attached hydrogens (tertiary/aromatic N) is 1. The van der Waals surface area contributed by atoms with Crippen LogP contribution in [0.4, 0.5) is 4.79 Å². The van der Waals surface area contributed by atoms with Crippen LogP contribution in [0.5, 0.6) is 0 Å². The summed E-state index contributed by atoms with van der Waals surface area (Å²) in [5.74, 6) is -0.445. The molecule has 1 unspecified atom stereocenters. The first kappa shape index (κ1) is 11.4. The van der Waals surface area contributed by atoms with Crippen LogP contribution >= 0.6 is 0 Å². The van der Waals surface area contributed by atoms with Crippen LogP contribution < -0.4 is 0 Å². The molecule has 1 aliphatic heterocycles. The maximum atomic E-state index is 11.9. The van der Waals surface area contributed by atoms with Crippen molar-refractivity contribution in [1.82, 2.24) is 4.90 Å². The van der Waals surface area contributed by atoms with Crippen molar-refractivity contribution in [1.29, 1.82) is 0 Å². The summed E-state index contributed by atoms with van der Waals surface area (Å²) in [5.41, 5.74) is 2.09. The number of imide groups is 1. The Morgan fingerprint density at radius 3 is 2.71 bits per heavy atom. The third-order valence-corrected chi connectivity index (χ3v) is 2.83. The first-order chi connectivity index (χ1) is 8.02. The highest BCUT2D eigenvalue weighted by atomic mass is 16.4. The fourth-order valence-electron chi connectivity index (χ4n) is 2.14. The Morgan fingerprint density at radius 1 is 1.47 bits per heavy atom. The Bertz CT molecular complexity index is 507. The van der Waals surface area contributed by atoms with Crippen molar-refractivity contribution in [3.63, 3.8) is 0 Å². The van der Waals surface area contributed by atoms with Crippen molar-refractivity contribution < 1.29 is 14.7 Å². The first-order valence-corrected chi connectivity index (χ1v) is 5.32. The molecule has 4 heteroatoms. The molecular formula is C13H13NO3. The van der Waals surface area contributed by atoms with E-state index in [0.717, 1.165) is 16.0 Å². The number of hydrogen-bond acceptors (Lipinski definition) is 2. The summed E-state index contributed by atoms with van der Waals surface area (Å²) >= 11 is 0. The van der Waals surface area contributed by atoms with Crippen molar-refractivity contribution in [2.24, 2.45) is 0 Å². The summed E-state index contributed by atoms with van der Waals surface area (Å²) in [6.07, 6.45) is -0.743. The maximum Gasteiger partial charge on any atom is 0.414 e. The van der Waals surface area contributed by atoms with E-state index in [1.54, 1.807) is 18.2 Å². The normalized spacial score (nSPS) is 18.1. The van der Waals surface area contributed by atoms with Gasteiger partial charge in [0, 0.05) is 5.56 Å². The van der Waals surface area contributed by atoms with Gasteiger partial charge in [-0.3, -0.25) is 4.79 Å². The van der Waals surface area contributed by atoms with E-state index in [2.05, 4.69) is 6.58 Å². The van der Waals surface area contributed by atoms with Gasteiger partial charge in [-0.25, -0.2) is 9.69 Å². The Hall–Kier alpha value is -2.10. The molecule has 1 aliphatic rings. The van der Waals surface area contributed by atoms with Gasteiger partial charge >= 0.3 is 6.09 Å². The molecule has 0 bridgehead atoms. The van der Waals surface area contributed by atoms with Crippen molar-refractivity contribution >= 4 is 12.0 Å². The third-order valence-electron chi connectivity index (χ3n) is 2.83. The molecule has 88 valence electrons. The van der Waals surface area contributed by atoms with Gasteiger partial charge in [0.15, 0.2) is 0 Å². The van der Waals surface area contributed by atoms with E-state index < -0.39 is 18.0 Å². The van der Waals surface area contributed by atoms with Gasteiger partial charge in [-0.2, -0.15) is 0 Å². The van der Waals surface area contributed by atoms with E-state index in [9.17, 15) is 9.59 Å². The summed E-state index contributed by atoms with van der Waals surface area (Å²) in [6, 6.07) is 6.56. The third kappa shape index (κ3) is 1.82. The second-order valence-electron chi connectivity index (χ2n) is 4.22. The minimum atomic E-state index is -1.21. The summed E-state index contributed by atoms with van der Waals surface area (Å²) in [7, 11) is 0. The molecule has 1 aromatic carbocycles. The number of fused-ring (bicyclic) bond motifs is 1. The Kier molecular flexibility index (Phi) is 2.71. The molecule has 0 saturated carbocycles. The zero-order valence-electron chi connectivity index (χ0n) is 9.51. The largest absolute Gasteiger partial charge is 0.465 e. The summed E-state index contributed by atoms with van der Waals surface area (Å²) in [4.78, 5) is 24.0. The average Bonchev–Trinajstić information content (AvgIpc) is 2.52. The fourth-order valence-corrected chi connectivity index (χ4v) is 2.14. The van der Waals surface area contributed by atoms with Gasteiger partial charge in [-0.1, -0.05) is 23.8 Å². The Labute approximate surface area is 99.2 Å². The van der Waals surface area contributed by atoms with Gasteiger partial charge in [-0.15, -0.1) is 6.58 Å². The molecule has 0 spiro atoms. The lowest BCUT2D eigenvalue weighted by Gasteiger charge is -2.20. The molecule has 0 radical (unpaired) electrons. The molecule has 17 heavy (non-hydrogen) atoms. The maximum absolute atomic E-state index is 11.9. The lowest BCUT2D eigenvalue weighted by molar-refractivity contribution is 0.0710. The smallest absolute Gasteiger partial charge is 0.414 e. The number of amides is 2. The lowest BCUT2D eigenvalue weighted by Crippen LogP contribution is -2.33. The molecular weight excluding hydrogens is 218 g/mol. The predicted molar refractivity (Wildman–Crippen MR) is 62.8 cm³/mol. The zero-order chi connectivity index (χ0) is 12.6. The fraction of sp³-hybridized carbons (Fsp3) is 0.231. The van der Waals surface area contributed by atoms with Gasteiger partial charge in [0.2, 0.25) is 0 Å². The van der Waals surface area contributed by atoms with Gasteiger partial charge in [0.05, 0.1) is 6.04 Å². The highest BCUT2D eigenvalue weighted by Crippen LogP contribution is 2.37. The average molecular weight is 231 g/mol. The summed E-state index contributed by atoms with van der Waals surface area (Å²) < 4.78 is 0. The molecule has 4 nitrogen and oxygen atoms in total. The minimum Gasteiger partial charge on any atom is -0.465 e. The van der Waals surface area contributed by atoms with Crippen LogP contribution in [0, 0.1) is 0 Å². The lowest BCUT2D eigenvalue weighted by atomic mass is 9.99. The van der Waals surface area contributed by atoms with Crippen LogP contribution in [-0.4, -0.2) is 22.0 Å². The second kappa shape index (κ2) is 4.05. The van der Waals surface area contributed by atoms with Crippen LogP contribution in [0.3, 0.4) is 0 Å². The van der Waals surface area contributed by atoms with Crippen LogP contribution in [0.25, 0.3) is 0 Å². The van der Waals surface area contributed by atoms with Gasteiger partial charge in [-0.05, 0) is 25.0 Å². The molecule has 0 aromatic heterocycles. The van der Waals surface area contributed by atoms with Crippen molar-refractivity contribution in [2.45, 2.75) is 19.4 Å². The van der Waals surface area contributed by atoms with Crippen LogP contribution in [0.2, 0.25) is 0 Å². The van der Waals surface area contributed by atoms with Crippen molar-refractivity contribution in [2.75, 3.05) is 0 Å². The zero-order valence-corrected chi connectivity index (χ0v) is 9.51. The number of rotatable bonds is 2. The molecule has 0 fully saturated rings. The van der Waals surface area contributed by atoms with E-state index in [0.29, 0.717) is 12.0 Å². The molecule has 1 heterocycles. The quantitative estimate of drug-likeness (QED) is 0.796. The second-order valence-corrected chi connectivity index (χ2v) is 4.22. The van der Waals surface area contributed by atoms with Gasteiger partial charge < -0.3 is 5.11 Å². The number of carbonyl (C=O) groups is 2. The van der Waals surface area contributed by atoms with E-state index >= 15 is 0 Å². The Balaban J connectivity index is 2.49. The molecule has 1 atom stereocenters. The molecule has 2 rings (SSSR count). The van der Waals surface area contributed by atoms with Crippen molar-refractivity contribution in [3.05, 3.63) is 47.5 Å². The van der Waals surface area contributed by atoms with E-state index in [1.807, 2.05) is 13.0 Å². The predicted octanol–water partition coefficient (Wildman–Crippen LogP) is 2.83. The molecule has 1 N–H and O–H groups in total. The Morgan fingerprint density at radius 2 is 2.12 bits per heavy atom. The highest BCUT2D eigenvalue weighted by Gasteiger charge is 2.40. The topological polar surface area (TPSA) is 57.6 Å². The highest BCUT2D eigenvalue weighted by molar-refractivity contribution is 6.06. The molecule has 0 aliphatic carbocycles. The standard InChI is InChI=1S/C13H13NO3/c1-8(2)7-11-9-5-3-4-6-10(9)12(15)14(11)13(16)17/h3-6,11H,1,7H2,2H3,(H,16,17). The molecule has 2 amide bonds. The SMILES string of the molecule is C=C(C)CC1c2ccccc2C(=O)N1C(=O)O. The van der Waals surface area contributed by atoms with E-state index in [-0.39, 0.29) is 0 Å². The molecule has 1 aromatic rings. The van der Waals surface area contributed by atoms with E-state index in [1.165, 1.54) is 0 Å². The summed E-state index contributed by atoms with van der Waals surface area (Å²) in [5, 5.41) is 9.11. The minimum absolute atomic E-state index is 0.436. The monoisotopic (exact) mass is 231 g/mol. The number of benzene rings is 1. The number of hydrogen-bond donors (Lipinski definition) is 1. The molecule has 0 saturated heterocycles. The summed E-state index contributed by atoms with van der Waals surface area (Å²) in [6.45, 7) is 5.60. The number of carboxylic acid groups (broad SMARTS) is 1.